The number of carbonyl (C=O) groups is 1. The lowest BCUT2D eigenvalue weighted by Gasteiger charge is -2.24. The van der Waals surface area contributed by atoms with E-state index in [0.29, 0.717) is 24.2 Å². The fourth-order valence-electron chi connectivity index (χ4n) is 3.07. The highest BCUT2D eigenvalue weighted by Gasteiger charge is 2.19. The normalized spacial score (nSPS) is 14.7. The van der Waals surface area contributed by atoms with Gasteiger partial charge in [0.25, 0.3) is 5.91 Å². The predicted octanol–water partition coefficient (Wildman–Crippen LogP) is 3.82. The minimum atomic E-state index is -0.205. The van der Waals surface area contributed by atoms with Crippen LogP contribution in [0, 0.1) is 19.8 Å². The number of anilines is 1. The summed E-state index contributed by atoms with van der Waals surface area (Å²) in [6, 6.07) is 5.77. The van der Waals surface area contributed by atoms with E-state index in [4.69, 9.17) is 13.9 Å². The number of nitrogens with zero attached hydrogens (tertiary/aromatic N) is 2. The molecule has 0 aliphatic carbocycles. The molecular weight excluding hydrogens is 344 g/mol. The van der Waals surface area contributed by atoms with Gasteiger partial charge in [0.15, 0.2) is 5.89 Å². The lowest BCUT2D eigenvalue weighted by atomic mass is 10.0. The molecule has 6 nitrogen and oxygen atoms in total. The number of oxazole rings is 1. The molecule has 2 heterocycles. The van der Waals surface area contributed by atoms with Crippen LogP contribution in [-0.2, 0) is 16.1 Å². The van der Waals surface area contributed by atoms with Gasteiger partial charge in [-0.3, -0.25) is 4.79 Å². The van der Waals surface area contributed by atoms with E-state index in [1.807, 2.05) is 25.1 Å². The van der Waals surface area contributed by atoms with Crippen molar-refractivity contribution in [3.63, 3.8) is 0 Å². The molecule has 0 spiro atoms. The fraction of sp³-hybridized carbons (Fsp3) is 0.429. The Hall–Kier alpha value is -2.60. The maximum absolute atomic E-state index is 12.4. The molecule has 1 amide bonds. The first-order chi connectivity index (χ1) is 13.1. The van der Waals surface area contributed by atoms with Gasteiger partial charge >= 0.3 is 0 Å². The average Bonchev–Trinajstić information content (AvgIpc) is 3.11. The lowest BCUT2D eigenvalue weighted by molar-refractivity contribution is -0.114. The Kier molecular flexibility index (Phi) is 6.29. The van der Waals surface area contributed by atoms with E-state index in [2.05, 4.69) is 11.6 Å². The standard InChI is InChI=1S/C21H26N2O4/c1-4-21(24)23(13-19-12-22-16(3)27-19)18-6-5-15(2)20(11-18)26-14-17-7-9-25-10-8-17/h4-6,11-12,17H,1,7-10,13-14H2,2-3H3. The van der Waals surface area contributed by atoms with Gasteiger partial charge in [0.1, 0.15) is 11.5 Å². The van der Waals surface area contributed by atoms with Gasteiger partial charge in [0.05, 0.1) is 19.3 Å². The Bertz CT molecular complexity index is 793. The van der Waals surface area contributed by atoms with Crippen molar-refractivity contribution in [3.8, 4) is 5.75 Å². The van der Waals surface area contributed by atoms with Crippen LogP contribution in [0.5, 0.6) is 5.75 Å². The van der Waals surface area contributed by atoms with Gasteiger partial charge in [0.2, 0.25) is 0 Å². The third-order valence-corrected chi connectivity index (χ3v) is 4.72. The van der Waals surface area contributed by atoms with Gasteiger partial charge in [-0.2, -0.15) is 0 Å². The van der Waals surface area contributed by atoms with Crippen LogP contribution in [0.1, 0.15) is 30.1 Å². The number of benzene rings is 1. The Morgan fingerprint density at radius 3 is 2.81 bits per heavy atom. The van der Waals surface area contributed by atoms with Gasteiger partial charge < -0.3 is 18.8 Å². The molecule has 0 atom stereocenters. The maximum Gasteiger partial charge on any atom is 0.250 e. The van der Waals surface area contributed by atoms with Crippen LogP contribution in [0.4, 0.5) is 5.69 Å². The van der Waals surface area contributed by atoms with E-state index in [0.717, 1.165) is 43.1 Å². The maximum atomic E-state index is 12.4. The first-order valence-electron chi connectivity index (χ1n) is 9.23. The highest BCUT2D eigenvalue weighted by Crippen LogP contribution is 2.28. The largest absolute Gasteiger partial charge is 0.493 e. The minimum Gasteiger partial charge on any atom is -0.493 e. The fourth-order valence-corrected chi connectivity index (χ4v) is 3.07. The molecular formula is C21H26N2O4. The third kappa shape index (κ3) is 4.98. The SMILES string of the molecule is C=CC(=O)N(Cc1cnc(C)o1)c1ccc(C)c(OCC2CCOCC2)c1. The summed E-state index contributed by atoms with van der Waals surface area (Å²) < 4.78 is 17.0. The number of rotatable bonds is 7. The number of carbonyl (C=O) groups excluding carboxylic acids is 1. The van der Waals surface area contributed by atoms with Crippen molar-refractivity contribution in [2.45, 2.75) is 33.2 Å². The molecule has 0 bridgehead atoms. The molecule has 1 aromatic heterocycles. The first kappa shape index (κ1) is 19.2. The van der Waals surface area contributed by atoms with Crippen LogP contribution >= 0.6 is 0 Å². The predicted molar refractivity (Wildman–Crippen MR) is 103 cm³/mol. The van der Waals surface area contributed by atoms with Gasteiger partial charge in [-0.15, -0.1) is 0 Å². The summed E-state index contributed by atoms with van der Waals surface area (Å²) in [5, 5.41) is 0. The topological polar surface area (TPSA) is 64.8 Å². The molecule has 0 radical (unpaired) electrons. The number of aryl methyl sites for hydroxylation is 2. The second-order valence-corrected chi connectivity index (χ2v) is 6.79. The highest BCUT2D eigenvalue weighted by atomic mass is 16.5. The molecule has 6 heteroatoms. The molecule has 1 saturated heterocycles. The van der Waals surface area contributed by atoms with Crippen molar-refractivity contribution in [1.29, 1.82) is 0 Å². The Morgan fingerprint density at radius 1 is 1.37 bits per heavy atom. The number of hydrogen-bond acceptors (Lipinski definition) is 5. The second kappa shape index (κ2) is 8.86. The van der Waals surface area contributed by atoms with Crippen LogP contribution in [0.15, 0.2) is 41.5 Å². The Labute approximate surface area is 159 Å². The van der Waals surface area contributed by atoms with Gasteiger partial charge in [-0.05, 0) is 43.4 Å². The third-order valence-electron chi connectivity index (χ3n) is 4.72. The minimum absolute atomic E-state index is 0.205. The Morgan fingerprint density at radius 2 is 2.15 bits per heavy atom. The molecule has 1 fully saturated rings. The average molecular weight is 370 g/mol. The molecule has 3 rings (SSSR count). The summed E-state index contributed by atoms with van der Waals surface area (Å²) in [6.45, 7) is 9.93. The zero-order valence-corrected chi connectivity index (χ0v) is 15.9. The molecule has 1 aromatic carbocycles. The van der Waals surface area contributed by atoms with E-state index >= 15 is 0 Å². The van der Waals surface area contributed by atoms with Crippen LogP contribution in [0.2, 0.25) is 0 Å². The summed E-state index contributed by atoms with van der Waals surface area (Å²) in [5.41, 5.74) is 1.77. The zero-order chi connectivity index (χ0) is 19.2. The highest BCUT2D eigenvalue weighted by molar-refractivity contribution is 6.01. The lowest BCUT2D eigenvalue weighted by Crippen LogP contribution is -2.28. The molecule has 1 aliphatic rings. The molecule has 2 aromatic rings. The van der Waals surface area contributed by atoms with E-state index in [1.54, 1.807) is 18.0 Å². The number of hydrogen-bond donors (Lipinski definition) is 0. The zero-order valence-electron chi connectivity index (χ0n) is 15.9. The summed E-state index contributed by atoms with van der Waals surface area (Å²) in [4.78, 5) is 18.1. The van der Waals surface area contributed by atoms with E-state index < -0.39 is 0 Å². The smallest absolute Gasteiger partial charge is 0.250 e. The summed E-state index contributed by atoms with van der Waals surface area (Å²) >= 11 is 0. The molecule has 0 saturated carbocycles. The van der Waals surface area contributed by atoms with Crippen molar-refractivity contribution < 1.29 is 18.7 Å². The van der Waals surface area contributed by atoms with Crippen LogP contribution in [0.3, 0.4) is 0 Å². The van der Waals surface area contributed by atoms with E-state index in [-0.39, 0.29) is 12.5 Å². The van der Waals surface area contributed by atoms with Crippen molar-refractivity contribution in [2.24, 2.45) is 5.92 Å². The van der Waals surface area contributed by atoms with Crippen LogP contribution in [-0.4, -0.2) is 30.7 Å². The second-order valence-electron chi connectivity index (χ2n) is 6.79. The van der Waals surface area contributed by atoms with Crippen LogP contribution < -0.4 is 9.64 Å². The molecule has 0 unspecified atom stereocenters. The molecule has 0 N–H and O–H groups in total. The van der Waals surface area contributed by atoms with Crippen molar-refractivity contribution >= 4 is 11.6 Å². The van der Waals surface area contributed by atoms with Gasteiger partial charge in [-0.1, -0.05) is 12.6 Å². The van der Waals surface area contributed by atoms with Crippen molar-refractivity contribution in [3.05, 3.63) is 54.3 Å². The Balaban J connectivity index is 1.77. The van der Waals surface area contributed by atoms with E-state index in [9.17, 15) is 4.79 Å². The van der Waals surface area contributed by atoms with Crippen molar-refractivity contribution in [1.82, 2.24) is 4.98 Å². The number of aromatic nitrogens is 1. The molecule has 27 heavy (non-hydrogen) atoms. The summed E-state index contributed by atoms with van der Waals surface area (Å²) in [6.07, 6.45) is 4.97. The van der Waals surface area contributed by atoms with Crippen molar-refractivity contribution in [2.75, 3.05) is 24.7 Å². The summed E-state index contributed by atoms with van der Waals surface area (Å²) in [5.74, 6) is 2.27. The monoisotopic (exact) mass is 370 g/mol. The van der Waals surface area contributed by atoms with Crippen LogP contribution in [0.25, 0.3) is 0 Å². The van der Waals surface area contributed by atoms with Gasteiger partial charge in [-0.25, -0.2) is 4.98 Å². The number of amides is 1. The number of ether oxygens (including phenoxy) is 2. The quantitative estimate of drug-likeness (QED) is 0.693. The first-order valence-corrected chi connectivity index (χ1v) is 9.23. The molecule has 144 valence electrons. The summed E-state index contributed by atoms with van der Waals surface area (Å²) in [7, 11) is 0. The van der Waals surface area contributed by atoms with Gasteiger partial charge in [0, 0.05) is 31.9 Å². The molecule has 1 aliphatic heterocycles. The van der Waals surface area contributed by atoms with E-state index in [1.165, 1.54) is 6.08 Å².